The van der Waals surface area contributed by atoms with E-state index in [1.54, 1.807) is 24.5 Å². The maximum absolute atomic E-state index is 16.3. The number of carbonyl (C=O) groups is 1. The molecule has 240 valence electrons. The van der Waals surface area contributed by atoms with Gasteiger partial charge in [0.1, 0.15) is 22.7 Å². The van der Waals surface area contributed by atoms with Crippen molar-refractivity contribution in [2.75, 3.05) is 37.8 Å². The first-order valence-corrected chi connectivity index (χ1v) is 15.7. The fourth-order valence-electron chi connectivity index (χ4n) is 6.11. The molecule has 0 unspecified atom stereocenters. The van der Waals surface area contributed by atoms with Gasteiger partial charge in [-0.2, -0.15) is 5.10 Å². The van der Waals surface area contributed by atoms with Crippen molar-refractivity contribution >= 4 is 39.2 Å². The lowest BCUT2D eigenvalue weighted by Gasteiger charge is -2.20. The number of amides is 1. The van der Waals surface area contributed by atoms with Gasteiger partial charge in [0.2, 0.25) is 5.91 Å². The number of fused-ring (bicyclic) bond motifs is 2. The van der Waals surface area contributed by atoms with Gasteiger partial charge in [-0.15, -0.1) is 0 Å². The molecule has 1 fully saturated rings. The number of likely N-dealkylation sites (N-methyl/N-ethyl adjacent to an activating group) is 1. The summed E-state index contributed by atoms with van der Waals surface area (Å²) in [5.74, 6) is -0.778. The number of aromatic amines is 2. The van der Waals surface area contributed by atoms with Crippen LogP contribution in [0, 0.1) is 17.6 Å². The van der Waals surface area contributed by atoms with Crippen molar-refractivity contribution in [1.29, 1.82) is 0 Å². The van der Waals surface area contributed by atoms with Gasteiger partial charge in [-0.05, 0) is 57.3 Å². The highest BCUT2D eigenvalue weighted by Crippen LogP contribution is 2.35. The van der Waals surface area contributed by atoms with Gasteiger partial charge < -0.3 is 20.5 Å². The van der Waals surface area contributed by atoms with Gasteiger partial charge in [0.25, 0.3) is 0 Å². The number of halogens is 2. The highest BCUT2D eigenvalue weighted by atomic mass is 19.1. The molecule has 1 aliphatic carbocycles. The number of anilines is 2. The molecule has 6 aromatic rings. The molecule has 1 aromatic carbocycles. The zero-order valence-electron chi connectivity index (χ0n) is 26.1. The van der Waals surface area contributed by atoms with Crippen LogP contribution in [0.1, 0.15) is 32.1 Å². The Labute approximate surface area is 269 Å². The second-order valence-corrected chi connectivity index (χ2v) is 12.2. The van der Waals surface area contributed by atoms with Crippen molar-refractivity contribution in [3.05, 3.63) is 66.8 Å². The Bertz CT molecular complexity index is 2080. The molecule has 1 amide bonds. The molecule has 1 aliphatic rings. The van der Waals surface area contributed by atoms with Gasteiger partial charge in [0, 0.05) is 48.2 Å². The fraction of sp³-hybridized carbons (Fsp3) is 0.294. The van der Waals surface area contributed by atoms with Gasteiger partial charge >= 0.3 is 0 Å². The van der Waals surface area contributed by atoms with Gasteiger partial charge in [-0.25, -0.2) is 13.8 Å². The molecular weight excluding hydrogens is 602 g/mol. The average molecular weight is 637 g/mol. The molecule has 0 spiro atoms. The second-order valence-electron chi connectivity index (χ2n) is 12.2. The Morgan fingerprint density at radius 3 is 2.60 bits per heavy atom. The number of nitrogens with zero attached hydrogens (tertiary/aromatic N) is 6. The van der Waals surface area contributed by atoms with Crippen molar-refractivity contribution in [3.8, 4) is 34.0 Å². The third-order valence-corrected chi connectivity index (χ3v) is 8.48. The van der Waals surface area contributed by atoms with Gasteiger partial charge in [-0.3, -0.25) is 24.8 Å². The van der Waals surface area contributed by atoms with E-state index < -0.39 is 11.6 Å². The predicted molar refractivity (Wildman–Crippen MR) is 178 cm³/mol. The monoisotopic (exact) mass is 636 g/mol. The van der Waals surface area contributed by atoms with Gasteiger partial charge in [-0.1, -0.05) is 19.3 Å². The second kappa shape index (κ2) is 12.8. The largest absolute Gasteiger partial charge is 0.384 e. The maximum Gasteiger partial charge on any atom is 0.227 e. The normalized spacial score (nSPS) is 13.9. The van der Waals surface area contributed by atoms with E-state index in [2.05, 4.69) is 40.8 Å². The van der Waals surface area contributed by atoms with E-state index in [1.807, 2.05) is 25.1 Å². The van der Waals surface area contributed by atoms with Gasteiger partial charge in [0.05, 0.1) is 40.2 Å². The summed E-state index contributed by atoms with van der Waals surface area (Å²) in [6.45, 7) is 1.43. The molecule has 47 heavy (non-hydrogen) atoms. The Hall–Kier alpha value is -5.30. The summed E-state index contributed by atoms with van der Waals surface area (Å²) < 4.78 is 31.0. The zero-order valence-corrected chi connectivity index (χ0v) is 26.1. The lowest BCUT2D eigenvalue weighted by Crippen LogP contribution is -2.24. The first-order valence-electron chi connectivity index (χ1n) is 15.7. The minimum atomic E-state index is -0.610. The van der Waals surface area contributed by atoms with Crippen molar-refractivity contribution in [2.45, 2.75) is 32.1 Å². The molecule has 0 aliphatic heterocycles. The summed E-state index contributed by atoms with van der Waals surface area (Å²) in [4.78, 5) is 36.0. The summed E-state index contributed by atoms with van der Waals surface area (Å²) in [7, 11) is 3.94. The summed E-state index contributed by atoms with van der Waals surface area (Å²) in [5, 5.41) is 13.6. The lowest BCUT2D eigenvalue weighted by atomic mass is 9.88. The molecule has 5 aromatic heterocycles. The van der Waals surface area contributed by atoms with Crippen LogP contribution in [0.3, 0.4) is 0 Å². The van der Waals surface area contributed by atoms with E-state index in [-0.39, 0.29) is 28.6 Å². The first-order chi connectivity index (χ1) is 22.8. The molecule has 0 radical (unpaired) electrons. The van der Waals surface area contributed by atoms with Crippen molar-refractivity contribution in [3.63, 3.8) is 0 Å². The zero-order chi connectivity index (χ0) is 32.5. The number of benzene rings is 1. The predicted octanol–water partition coefficient (Wildman–Crippen LogP) is 6.40. The van der Waals surface area contributed by atoms with Crippen LogP contribution >= 0.6 is 0 Å². The lowest BCUT2D eigenvalue weighted by molar-refractivity contribution is -0.120. The van der Waals surface area contributed by atoms with Crippen LogP contribution in [0.5, 0.6) is 0 Å². The number of rotatable bonds is 9. The third kappa shape index (κ3) is 6.26. The molecule has 7 rings (SSSR count). The number of hydrogen-bond donors (Lipinski definition) is 4. The van der Waals surface area contributed by atoms with Crippen molar-refractivity contribution in [1.82, 2.24) is 40.0 Å². The van der Waals surface area contributed by atoms with Gasteiger partial charge in [0.15, 0.2) is 11.6 Å². The summed E-state index contributed by atoms with van der Waals surface area (Å²) >= 11 is 0. The van der Waals surface area contributed by atoms with Crippen LogP contribution in [0.25, 0.3) is 56.0 Å². The quantitative estimate of drug-likeness (QED) is 0.143. The van der Waals surface area contributed by atoms with E-state index in [0.717, 1.165) is 38.6 Å². The highest BCUT2D eigenvalue weighted by molar-refractivity contribution is 5.98. The summed E-state index contributed by atoms with van der Waals surface area (Å²) in [6, 6.07) is 8.11. The molecule has 0 atom stereocenters. The van der Waals surface area contributed by atoms with E-state index in [9.17, 15) is 9.18 Å². The molecule has 5 heterocycles. The van der Waals surface area contributed by atoms with Crippen LogP contribution in [0.4, 0.5) is 20.2 Å². The Balaban J connectivity index is 1.22. The standard InChI is InChI=1S/C34H34F2N10O/c1-46(2)11-10-38-23-13-20(12-22(35)15-23)30-31-25(8-9-39-30)42-33(43-31)32-27-26(44-45-32)18-40-29(28(27)36)21-14-24(17-37-16-21)41-34(47)19-6-4-3-5-7-19/h8-9,12-19,38H,3-7,10-11H2,1-2H3,(H,41,47)(H,42,43)(H,44,45). The summed E-state index contributed by atoms with van der Waals surface area (Å²) in [6.07, 6.45) is 11.1. The number of carbonyl (C=O) groups excluding carboxylic acids is 1. The first kappa shape index (κ1) is 30.4. The maximum atomic E-state index is 16.3. The average Bonchev–Trinajstić information content (AvgIpc) is 3.70. The molecule has 0 saturated heterocycles. The van der Waals surface area contributed by atoms with E-state index in [1.165, 1.54) is 24.5 Å². The Morgan fingerprint density at radius 2 is 1.77 bits per heavy atom. The Morgan fingerprint density at radius 1 is 0.936 bits per heavy atom. The Kier molecular flexibility index (Phi) is 8.29. The molecule has 4 N–H and O–H groups in total. The minimum absolute atomic E-state index is 0.0284. The van der Waals surface area contributed by atoms with Crippen LogP contribution in [-0.2, 0) is 4.79 Å². The highest BCUT2D eigenvalue weighted by Gasteiger charge is 2.24. The van der Waals surface area contributed by atoms with Crippen LogP contribution < -0.4 is 10.6 Å². The van der Waals surface area contributed by atoms with Crippen molar-refractivity contribution in [2.24, 2.45) is 5.92 Å². The molecule has 13 heteroatoms. The number of imidazole rings is 1. The van der Waals surface area contributed by atoms with Crippen LogP contribution in [0.2, 0.25) is 0 Å². The molecule has 1 saturated carbocycles. The van der Waals surface area contributed by atoms with E-state index in [4.69, 9.17) is 4.98 Å². The minimum Gasteiger partial charge on any atom is -0.384 e. The number of aromatic nitrogens is 7. The number of nitrogens with one attached hydrogen (secondary N) is 4. The fourth-order valence-corrected chi connectivity index (χ4v) is 6.11. The summed E-state index contributed by atoms with van der Waals surface area (Å²) in [5.41, 5.74) is 4.37. The van der Waals surface area contributed by atoms with E-state index in [0.29, 0.717) is 57.1 Å². The smallest absolute Gasteiger partial charge is 0.227 e. The molecular formula is C34H34F2N10O. The van der Waals surface area contributed by atoms with Crippen molar-refractivity contribution < 1.29 is 13.6 Å². The number of pyridine rings is 3. The van der Waals surface area contributed by atoms with Crippen LogP contribution in [0.15, 0.2) is 55.1 Å². The molecule has 0 bridgehead atoms. The topological polar surface area (TPSA) is 140 Å². The SMILES string of the molecule is CN(C)CCNc1cc(F)cc(-c2nccc3[nH]c(-c4n[nH]c5cnc(-c6cncc(NC(=O)C7CCCCC7)c6)c(F)c45)nc23)c1. The van der Waals surface area contributed by atoms with Crippen LogP contribution in [-0.4, -0.2) is 73.1 Å². The van der Waals surface area contributed by atoms with E-state index >= 15 is 4.39 Å². The number of hydrogen-bond acceptors (Lipinski definition) is 8. The number of H-pyrrole nitrogens is 2. The third-order valence-electron chi connectivity index (χ3n) is 8.48. The molecule has 11 nitrogen and oxygen atoms in total.